The fourth-order valence-corrected chi connectivity index (χ4v) is 4.86. The molecule has 0 bridgehead atoms. The van der Waals surface area contributed by atoms with Crippen molar-refractivity contribution < 1.29 is 38.9 Å². The van der Waals surface area contributed by atoms with Crippen LogP contribution in [0.15, 0.2) is 89.8 Å². The Bertz CT molecular complexity index is 882. The first kappa shape index (κ1) is 19.4. The fraction of sp³-hybridized carbons (Fsp3) is 0.0526. The number of methoxy groups -OCH3 is 1. The Morgan fingerprint density at radius 3 is 1.84 bits per heavy atom. The SMILES string of the molecule is COc1ccccc1[I+]c1ccccc1.O=S(=O)([O-])c1ccccc1. The number of benzene rings is 3. The van der Waals surface area contributed by atoms with Crippen LogP contribution in [0, 0.1) is 7.14 Å². The minimum atomic E-state index is -4.25. The van der Waals surface area contributed by atoms with E-state index < -0.39 is 10.1 Å². The second kappa shape index (κ2) is 9.55. The Labute approximate surface area is 158 Å². The molecule has 3 aromatic rings. The van der Waals surface area contributed by atoms with Crippen LogP contribution in [-0.2, 0) is 10.1 Å². The van der Waals surface area contributed by atoms with Crippen LogP contribution >= 0.6 is 0 Å². The zero-order chi connectivity index (χ0) is 18.1. The quantitative estimate of drug-likeness (QED) is 0.411. The maximum Gasteiger partial charge on any atom is 0.362 e. The van der Waals surface area contributed by atoms with Crippen molar-refractivity contribution in [1.82, 2.24) is 0 Å². The van der Waals surface area contributed by atoms with E-state index in [0.29, 0.717) is 0 Å². The highest BCUT2D eigenvalue weighted by Gasteiger charge is 2.19. The van der Waals surface area contributed by atoms with E-state index in [-0.39, 0.29) is 26.1 Å². The summed E-state index contributed by atoms with van der Waals surface area (Å²) in [5.41, 5.74) is 0. The first-order valence-electron chi connectivity index (χ1n) is 7.34. The van der Waals surface area contributed by atoms with Gasteiger partial charge in [0.1, 0.15) is 10.1 Å². The third-order valence-corrected chi connectivity index (χ3v) is 6.70. The van der Waals surface area contributed by atoms with Crippen LogP contribution in [0.3, 0.4) is 0 Å². The van der Waals surface area contributed by atoms with Crippen LogP contribution in [0.4, 0.5) is 0 Å². The Kier molecular flexibility index (Phi) is 7.42. The molecule has 0 aliphatic rings. The minimum absolute atomic E-state index is 0.124. The number of para-hydroxylation sites is 1. The molecule has 0 radical (unpaired) electrons. The standard InChI is InChI=1S/C13H12IO.C6H6O3S/c1-15-13-10-6-5-9-12(13)14-11-7-3-2-4-8-11;7-10(8,9)6-4-2-1-3-5-6/h2-10H,1H3;1-5H,(H,7,8,9)/q+1;/p-1. The molecule has 0 fully saturated rings. The van der Waals surface area contributed by atoms with Gasteiger partial charge in [-0.15, -0.1) is 0 Å². The predicted molar refractivity (Wildman–Crippen MR) is 91.2 cm³/mol. The van der Waals surface area contributed by atoms with Gasteiger partial charge in [-0.3, -0.25) is 0 Å². The van der Waals surface area contributed by atoms with Crippen LogP contribution in [0.2, 0.25) is 0 Å². The molecule has 0 heterocycles. The molecule has 0 saturated heterocycles. The van der Waals surface area contributed by atoms with E-state index in [1.807, 2.05) is 12.1 Å². The first-order valence-corrected chi connectivity index (χ1v) is 10.9. The van der Waals surface area contributed by atoms with E-state index in [9.17, 15) is 13.0 Å². The molecule has 3 aromatic carbocycles. The van der Waals surface area contributed by atoms with E-state index >= 15 is 0 Å². The normalized spacial score (nSPS) is 10.5. The van der Waals surface area contributed by atoms with Gasteiger partial charge in [0.05, 0.1) is 12.0 Å². The van der Waals surface area contributed by atoms with Gasteiger partial charge in [-0.2, -0.15) is 0 Å². The van der Waals surface area contributed by atoms with E-state index in [4.69, 9.17) is 4.74 Å². The van der Waals surface area contributed by atoms with Gasteiger partial charge >= 0.3 is 21.2 Å². The summed E-state index contributed by atoms with van der Waals surface area (Å²) in [4.78, 5) is -0.185. The molecule has 0 aliphatic carbocycles. The van der Waals surface area contributed by atoms with E-state index in [1.54, 1.807) is 13.2 Å². The summed E-state index contributed by atoms with van der Waals surface area (Å²) in [5, 5.41) is 0. The molecule has 0 aliphatic heterocycles. The second-order valence-corrected chi connectivity index (χ2v) is 9.12. The summed E-state index contributed by atoms with van der Waals surface area (Å²) in [5.74, 6) is 1.01. The van der Waals surface area contributed by atoms with Crippen molar-refractivity contribution in [2.24, 2.45) is 0 Å². The summed E-state index contributed by atoms with van der Waals surface area (Å²) < 4.78 is 38.9. The fourth-order valence-electron chi connectivity index (χ4n) is 1.87. The van der Waals surface area contributed by atoms with Gasteiger partial charge in [-0.05, 0) is 36.4 Å². The number of hydrogen-bond donors (Lipinski definition) is 0. The van der Waals surface area contributed by atoms with Crippen LogP contribution in [0.5, 0.6) is 5.75 Å². The largest absolute Gasteiger partial charge is 0.744 e. The molecule has 130 valence electrons. The van der Waals surface area contributed by atoms with E-state index in [1.165, 1.54) is 31.4 Å². The third kappa shape index (κ3) is 6.49. The second-order valence-electron chi connectivity index (χ2n) is 4.79. The molecule has 0 spiro atoms. The highest BCUT2D eigenvalue weighted by Crippen LogP contribution is 2.07. The average molecular weight is 468 g/mol. The molecule has 3 rings (SSSR count). The number of ether oxygens (including phenoxy) is 1. The molecule has 6 heteroatoms. The van der Waals surface area contributed by atoms with E-state index in [2.05, 4.69) is 42.5 Å². The number of hydrogen-bond acceptors (Lipinski definition) is 4. The van der Waals surface area contributed by atoms with Crippen molar-refractivity contribution in [3.8, 4) is 5.75 Å². The molecule has 0 N–H and O–H groups in total. The van der Waals surface area contributed by atoms with Crippen molar-refractivity contribution in [3.05, 3.63) is 92.1 Å². The van der Waals surface area contributed by atoms with Gasteiger partial charge in [0.2, 0.25) is 3.57 Å². The van der Waals surface area contributed by atoms with Gasteiger partial charge in [0, 0.05) is 0 Å². The summed E-state index contributed by atoms with van der Waals surface area (Å²) in [7, 11) is -2.52. The van der Waals surface area contributed by atoms with Crippen molar-refractivity contribution in [2.45, 2.75) is 4.90 Å². The van der Waals surface area contributed by atoms with Crippen LogP contribution < -0.4 is 25.9 Å². The lowest BCUT2D eigenvalue weighted by Gasteiger charge is -2.04. The lowest BCUT2D eigenvalue weighted by atomic mass is 10.3. The van der Waals surface area contributed by atoms with Crippen LogP contribution in [-0.4, -0.2) is 20.1 Å². The highest BCUT2D eigenvalue weighted by atomic mass is 127. The Morgan fingerprint density at radius 1 is 0.800 bits per heavy atom. The average Bonchev–Trinajstić information content (AvgIpc) is 2.64. The van der Waals surface area contributed by atoms with Gasteiger partial charge < -0.3 is 9.29 Å². The zero-order valence-electron chi connectivity index (χ0n) is 13.5. The molecule has 0 amide bonds. The summed E-state index contributed by atoms with van der Waals surface area (Å²) in [6.45, 7) is 0. The maximum absolute atomic E-state index is 10.3. The maximum atomic E-state index is 10.3. The third-order valence-electron chi connectivity index (χ3n) is 3.03. The zero-order valence-corrected chi connectivity index (χ0v) is 16.5. The number of rotatable bonds is 4. The molecule has 0 saturated carbocycles. The first-order chi connectivity index (χ1) is 12.0. The predicted octanol–water partition coefficient (Wildman–Crippen LogP) is 0.414. The van der Waals surface area contributed by atoms with Crippen LogP contribution in [0.1, 0.15) is 0 Å². The summed E-state index contributed by atoms with van der Waals surface area (Å²) >= 11 is -0.124. The molecule has 0 aromatic heterocycles. The Hall–Kier alpha value is -1.90. The Morgan fingerprint density at radius 2 is 1.32 bits per heavy atom. The lowest BCUT2D eigenvalue weighted by Crippen LogP contribution is -3.61. The van der Waals surface area contributed by atoms with Crippen molar-refractivity contribution in [3.63, 3.8) is 0 Å². The van der Waals surface area contributed by atoms with Gasteiger partial charge in [0.25, 0.3) is 0 Å². The van der Waals surface area contributed by atoms with Gasteiger partial charge in [-0.1, -0.05) is 48.5 Å². The molecule has 25 heavy (non-hydrogen) atoms. The highest BCUT2D eigenvalue weighted by molar-refractivity contribution is 7.85. The molecule has 0 atom stereocenters. The lowest BCUT2D eigenvalue weighted by molar-refractivity contribution is -0.598. The van der Waals surface area contributed by atoms with Crippen LogP contribution in [0.25, 0.3) is 0 Å². The molecule has 4 nitrogen and oxygen atoms in total. The monoisotopic (exact) mass is 468 g/mol. The summed E-state index contributed by atoms with van der Waals surface area (Å²) in [6.07, 6.45) is 0. The van der Waals surface area contributed by atoms with Crippen molar-refractivity contribution >= 4 is 10.1 Å². The summed E-state index contributed by atoms with van der Waals surface area (Å²) in [6, 6.07) is 26.0. The molecular weight excluding hydrogens is 451 g/mol. The smallest absolute Gasteiger partial charge is 0.362 e. The number of halogens is 1. The van der Waals surface area contributed by atoms with Gasteiger partial charge in [-0.25, -0.2) is 8.42 Å². The topological polar surface area (TPSA) is 66.4 Å². The Balaban J connectivity index is 0.000000196. The van der Waals surface area contributed by atoms with E-state index in [0.717, 1.165) is 5.75 Å². The molecule has 0 unspecified atom stereocenters. The van der Waals surface area contributed by atoms with Crippen molar-refractivity contribution in [2.75, 3.05) is 7.11 Å². The van der Waals surface area contributed by atoms with Gasteiger partial charge in [0.15, 0.2) is 9.32 Å². The van der Waals surface area contributed by atoms with Crippen molar-refractivity contribution in [1.29, 1.82) is 0 Å². The molecular formula is C19H17IO4S. The minimum Gasteiger partial charge on any atom is -0.744 e.